The van der Waals surface area contributed by atoms with Gasteiger partial charge in [0, 0.05) is 10.5 Å². The number of carbonyl (C=O) groups excluding carboxylic acids is 1. The Labute approximate surface area is 199 Å². The lowest BCUT2D eigenvalue weighted by atomic mass is 10.2. The van der Waals surface area contributed by atoms with Crippen LogP contribution in [0.1, 0.15) is 0 Å². The van der Waals surface area contributed by atoms with Gasteiger partial charge >= 0.3 is 0 Å². The Bertz CT molecular complexity index is 1390. The Morgan fingerprint density at radius 1 is 1.15 bits per heavy atom. The zero-order valence-corrected chi connectivity index (χ0v) is 19.5. The number of fused-ring (bicyclic) bond motifs is 1. The molecule has 1 heterocycles. The highest BCUT2D eigenvalue weighted by Gasteiger charge is 2.17. The molecule has 3 aromatic carbocycles. The highest BCUT2D eigenvalue weighted by Crippen LogP contribution is 2.28. The van der Waals surface area contributed by atoms with Gasteiger partial charge in [0.15, 0.2) is 11.0 Å². The number of ether oxygens (including phenoxy) is 1. The molecular formula is C23H16BrF2N3O3S. The molecule has 4 rings (SSSR count). The van der Waals surface area contributed by atoms with Gasteiger partial charge in [0.25, 0.3) is 5.56 Å². The van der Waals surface area contributed by atoms with Crippen molar-refractivity contribution in [3.63, 3.8) is 0 Å². The molecule has 0 bridgehead atoms. The van der Waals surface area contributed by atoms with Crippen LogP contribution in [0.5, 0.6) is 5.75 Å². The molecule has 1 amide bonds. The van der Waals surface area contributed by atoms with Crippen LogP contribution in [-0.2, 0) is 4.79 Å². The Morgan fingerprint density at radius 3 is 2.58 bits per heavy atom. The van der Waals surface area contributed by atoms with Crippen LogP contribution in [0.2, 0.25) is 0 Å². The minimum Gasteiger partial charge on any atom is -0.497 e. The van der Waals surface area contributed by atoms with Gasteiger partial charge in [0.2, 0.25) is 5.91 Å². The number of methoxy groups -OCH3 is 1. The third kappa shape index (κ3) is 4.91. The summed E-state index contributed by atoms with van der Waals surface area (Å²) in [5.74, 6) is -1.75. The van der Waals surface area contributed by atoms with E-state index >= 15 is 0 Å². The van der Waals surface area contributed by atoms with Crippen LogP contribution in [0.4, 0.5) is 14.5 Å². The summed E-state index contributed by atoms with van der Waals surface area (Å²) >= 11 is 4.06. The average Bonchev–Trinajstić information content (AvgIpc) is 2.80. The molecule has 1 N–H and O–H groups in total. The number of thioether (sulfide) groups is 1. The maximum Gasteiger partial charge on any atom is 0.266 e. The molecule has 0 spiro atoms. The fourth-order valence-electron chi connectivity index (χ4n) is 3.14. The van der Waals surface area contributed by atoms with Crippen molar-refractivity contribution in [1.29, 1.82) is 0 Å². The second-order valence-corrected chi connectivity index (χ2v) is 8.63. The van der Waals surface area contributed by atoms with Crippen molar-refractivity contribution < 1.29 is 18.3 Å². The first kappa shape index (κ1) is 22.9. The minimum atomic E-state index is -0.904. The van der Waals surface area contributed by atoms with Crippen molar-refractivity contribution in [3.05, 3.63) is 87.1 Å². The van der Waals surface area contributed by atoms with Crippen LogP contribution in [0.3, 0.4) is 0 Å². The molecular weight excluding hydrogens is 516 g/mol. The first-order valence-electron chi connectivity index (χ1n) is 9.61. The van der Waals surface area contributed by atoms with E-state index in [1.54, 1.807) is 55.6 Å². The smallest absolute Gasteiger partial charge is 0.266 e. The zero-order chi connectivity index (χ0) is 23.5. The normalized spacial score (nSPS) is 10.9. The lowest BCUT2D eigenvalue weighted by Crippen LogP contribution is -2.23. The van der Waals surface area contributed by atoms with Gasteiger partial charge < -0.3 is 10.1 Å². The van der Waals surface area contributed by atoms with E-state index in [1.165, 1.54) is 4.57 Å². The van der Waals surface area contributed by atoms with E-state index in [-0.39, 0.29) is 26.6 Å². The summed E-state index contributed by atoms with van der Waals surface area (Å²) in [4.78, 5) is 30.3. The molecule has 0 aliphatic carbocycles. The first-order chi connectivity index (χ1) is 15.9. The van der Waals surface area contributed by atoms with Gasteiger partial charge in [-0.25, -0.2) is 13.8 Å². The highest BCUT2D eigenvalue weighted by atomic mass is 79.9. The minimum absolute atomic E-state index is 0.0809. The number of nitrogens with one attached hydrogen (secondary N) is 1. The number of halogens is 3. The van der Waals surface area contributed by atoms with Crippen LogP contribution in [0.15, 0.2) is 75.1 Å². The van der Waals surface area contributed by atoms with Crippen LogP contribution in [0, 0.1) is 11.6 Å². The summed E-state index contributed by atoms with van der Waals surface area (Å²) in [5, 5.41) is 3.14. The summed E-state index contributed by atoms with van der Waals surface area (Å²) in [5.41, 5.74) is 0.582. The van der Waals surface area contributed by atoms with Crippen molar-refractivity contribution in [2.45, 2.75) is 5.16 Å². The Morgan fingerprint density at radius 2 is 1.88 bits per heavy atom. The number of rotatable bonds is 6. The maximum absolute atomic E-state index is 14.1. The quantitative estimate of drug-likeness (QED) is 0.274. The van der Waals surface area contributed by atoms with Crippen LogP contribution in [0.25, 0.3) is 16.6 Å². The van der Waals surface area contributed by atoms with E-state index in [0.29, 0.717) is 28.4 Å². The number of hydrogen-bond acceptors (Lipinski definition) is 5. The van der Waals surface area contributed by atoms with E-state index in [1.807, 2.05) is 0 Å². The van der Waals surface area contributed by atoms with Crippen LogP contribution >= 0.6 is 27.7 Å². The molecule has 0 unspecified atom stereocenters. The maximum atomic E-state index is 14.1. The molecule has 0 saturated heterocycles. The summed E-state index contributed by atoms with van der Waals surface area (Å²) in [6.45, 7) is 0. The van der Waals surface area contributed by atoms with E-state index in [2.05, 4.69) is 26.2 Å². The molecule has 4 aromatic rings. The fourth-order valence-corrected chi connectivity index (χ4v) is 4.46. The molecule has 0 radical (unpaired) electrons. The molecule has 0 aliphatic heterocycles. The number of anilines is 1. The standard InChI is InChI=1S/C23H16BrF2N3O3S/c1-32-15-8-6-14(7-9-15)29-22(31)16-4-2-3-5-19(16)27-23(29)33-12-20(30)28-21-17(24)10-13(25)11-18(21)26/h2-11H,12H2,1H3,(H,28,30). The fraction of sp³-hybridized carbons (Fsp3) is 0.0870. The molecule has 0 aliphatic rings. The topological polar surface area (TPSA) is 73.2 Å². The average molecular weight is 532 g/mol. The van der Waals surface area contributed by atoms with E-state index < -0.39 is 17.5 Å². The number of carbonyl (C=O) groups is 1. The molecule has 0 atom stereocenters. The van der Waals surface area contributed by atoms with Crippen molar-refractivity contribution >= 4 is 50.2 Å². The largest absolute Gasteiger partial charge is 0.497 e. The van der Waals surface area contributed by atoms with E-state index in [0.717, 1.165) is 17.8 Å². The van der Waals surface area contributed by atoms with Crippen molar-refractivity contribution in [2.75, 3.05) is 18.2 Å². The SMILES string of the molecule is COc1ccc(-n2c(SCC(=O)Nc3c(F)cc(F)cc3Br)nc3ccccc3c2=O)cc1. The van der Waals surface area contributed by atoms with Gasteiger partial charge in [-0.15, -0.1) is 0 Å². The summed E-state index contributed by atoms with van der Waals surface area (Å²) < 4.78 is 34.0. The molecule has 10 heteroatoms. The molecule has 168 valence electrons. The number of amides is 1. The third-order valence-electron chi connectivity index (χ3n) is 4.68. The Balaban J connectivity index is 1.67. The number of nitrogens with zero attached hydrogens (tertiary/aromatic N) is 2. The lowest BCUT2D eigenvalue weighted by Gasteiger charge is -2.14. The molecule has 1 aromatic heterocycles. The van der Waals surface area contributed by atoms with Crippen molar-refractivity contribution in [3.8, 4) is 11.4 Å². The number of hydrogen-bond donors (Lipinski definition) is 1. The van der Waals surface area contributed by atoms with Crippen molar-refractivity contribution in [1.82, 2.24) is 9.55 Å². The summed E-state index contributed by atoms with van der Waals surface area (Å²) in [6.07, 6.45) is 0. The lowest BCUT2D eigenvalue weighted by molar-refractivity contribution is -0.113. The zero-order valence-electron chi connectivity index (χ0n) is 17.1. The second kappa shape index (κ2) is 9.72. The van der Waals surface area contributed by atoms with Crippen molar-refractivity contribution in [2.24, 2.45) is 0 Å². The van der Waals surface area contributed by atoms with E-state index in [4.69, 9.17) is 4.74 Å². The van der Waals surface area contributed by atoms with Gasteiger partial charge in [-0.3, -0.25) is 14.2 Å². The highest BCUT2D eigenvalue weighted by molar-refractivity contribution is 9.10. The van der Waals surface area contributed by atoms with Gasteiger partial charge in [0.1, 0.15) is 11.6 Å². The van der Waals surface area contributed by atoms with Crippen LogP contribution in [-0.4, -0.2) is 28.3 Å². The Hall–Kier alpha value is -3.24. The predicted octanol–water partition coefficient (Wildman–Crippen LogP) is 5.17. The molecule has 6 nitrogen and oxygen atoms in total. The van der Waals surface area contributed by atoms with Crippen LogP contribution < -0.4 is 15.6 Å². The monoisotopic (exact) mass is 531 g/mol. The Kier molecular flexibility index (Phi) is 6.75. The second-order valence-electron chi connectivity index (χ2n) is 6.83. The van der Waals surface area contributed by atoms with Gasteiger partial charge in [-0.2, -0.15) is 0 Å². The first-order valence-corrected chi connectivity index (χ1v) is 11.4. The van der Waals surface area contributed by atoms with Gasteiger partial charge in [-0.1, -0.05) is 23.9 Å². The summed E-state index contributed by atoms with van der Waals surface area (Å²) in [6, 6.07) is 15.5. The molecule has 0 saturated carbocycles. The molecule has 0 fully saturated rings. The summed E-state index contributed by atoms with van der Waals surface area (Å²) in [7, 11) is 1.54. The number of aromatic nitrogens is 2. The van der Waals surface area contributed by atoms with Gasteiger partial charge in [-0.05, 0) is 58.4 Å². The third-order valence-corrected chi connectivity index (χ3v) is 6.24. The van der Waals surface area contributed by atoms with Gasteiger partial charge in [0.05, 0.1) is 35.1 Å². The molecule has 33 heavy (non-hydrogen) atoms. The van der Waals surface area contributed by atoms with E-state index in [9.17, 15) is 18.4 Å². The predicted molar refractivity (Wildman–Crippen MR) is 127 cm³/mol. The number of para-hydroxylation sites is 1. The number of benzene rings is 3.